The number of amides is 1. The van der Waals surface area contributed by atoms with Crippen LogP contribution in [0.5, 0.6) is 11.5 Å². The largest absolute Gasteiger partial charge is 0.497 e. The molecule has 1 amide bonds. The average Bonchev–Trinajstić information content (AvgIpc) is 3.23. The maximum absolute atomic E-state index is 13.5. The van der Waals surface area contributed by atoms with Crippen molar-refractivity contribution in [2.24, 2.45) is 0 Å². The molecular weight excluding hydrogens is 378 g/mol. The molecule has 0 aliphatic rings. The fourth-order valence-electron chi connectivity index (χ4n) is 3.37. The highest BCUT2D eigenvalue weighted by Gasteiger charge is 2.20. The first kappa shape index (κ1) is 19.5. The normalized spacial score (nSPS) is 10.7. The number of rotatable bonds is 7. The van der Waals surface area contributed by atoms with E-state index in [2.05, 4.69) is 5.10 Å². The van der Waals surface area contributed by atoms with Crippen LogP contribution >= 0.6 is 0 Å². The molecule has 6 heteroatoms. The summed E-state index contributed by atoms with van der Waals surface area (Å²) in [6.45, 7) is 0.943. The molecule has 0 aliphatic heterocycles. The molecule has 4 aromatic rings. The third-order valence-corrected chi connectivity index (χ3v) is 5.01. The zero-order valence-electron chi connectivity index (χ0n) is 17.0. The average molecular weight is 401 g/mol. The molecule has 2 heterocycles. The number of hydrogen-bond donors (Lipinski definition) is 0. The first-order valence-corrected chi connectivity index (χ1v) is 9.65. The van der Waals surface area contributed by atoms with Gasteiger partial charge in [-0.05, 0) is 47.5 Å². The van der Waals surface area contributed by atoms with Crippen molar-refractivity contribution in [3.05, 3.63) is 95.8 Å². The van der Waals surface area contributed by atoms with Gasteiger partial charge in [0.2, 0.25) is 0 Å². The molecule has 4 rings (SSSR count). The van der Waals surface area contributed by atoms with Crippen molar-refractivity contribution in [1.29, 1.82) is 0 Å². The van der Waals surface area contributed by atoms with Crippen molar-refractivity contribution in [1.82, 2.24) is 14.5 Å². The van der Waals surface area contributed by atoms with Gasteiger partial charge in [0.05, 0.1) is 31.5 Å². The summed E-state index contributed by atoms with van der Waals surface area (Å²) in [5.41, 5.74) is 3.41. The number of carbonyl (C=O) groups excluding carboxylic acids is 1. The first-order chi connectivity index (χ1) is 14.7. The lowest BCUT2D eigenvalue weighted by Gasteiger charge is -2.23. The standard InChI is InChI=1S/C24H23N3O3/c1-29-20-10-6-18(7-11-20)16-26(17-19-8-12-21(30-2)13-9-19)24(28)22-15-25-27-14-4-3-5-23(22)27/h3-15H,16-17H2,1-2H3. The molecule has 6 nitrogen and oxygen atoms in total. The third kappa shape index (κ3) is 4.12. The molecule has 0 unspecified atom stereocenters. The van der Waals surface area contributed by atoms with Crippen LogP contribution in [0.3, 0.4) is 0 Å². The monoisotopic (exact) mass is 401 g/mol. The van der Waals surface area contributed by atoms with Crippen molar-refractivity contribution >= 4 is 11.4 Å². The molecule has 0 fully saturated rings. The Morgan fingerprint density at radius 2 is 1.43 bits per heavy atom. The smallest absolute Gasteiger partial charge is 0.258 e. The summed E-state index contributed by atoms with van der Waals surface area (Å²) < 4.78 is 12.2. The molecule has 0 aliphatic carbocycles. The predicted octanol–water partition coefficient (Wildman–Crippen LogP) is 4.19. The third-order valence-electron chi connectivity index (χ3n) is 5.01. The Hall–Kier alpha value is -3.80. The van der Waals surface area contributed by atoms with Gasteiger partial charge < -0.3 is 14.4 Å². The van der Waals surface area contributed by atoms with Crippen LogP contribution in [0.4, 0.5) is 0 Å². The van der Waals surface area contributed by atoms with Crippen LogP contribution in [-0.2, 0) is 13.1 Å². The van der Waals surface area contributed by atoms with Crippen molar-refractivity contribution < 1.29 is 14.3 Å². The van der Waals surface area contributed by atoms with Gasteiger partial charge in [-0.1, -0.05) is 30.3 Å². The fraction of sp³-hybridized carbons (Fsp3) is 0.167. The minimum absolute atomic E-state index is 0.0668. The van der Waals surface area contributed by atoms with Crippen LogP contribution < -0.4 is 9.47 Å². The van der Waals surface area contributed by atoms with Crippen LogP contribution in [-0.4, -0.2) is 34.6 Å². The number of fused-ring (bicyclic) bond motifs is 1. The van der Waals surface area contributed by atoms with E-state index in [0.29, 0.717) is 18.7 Å². The number of carbonyl (C=O) groups is 1. The molecule has 152 valence electrons. The zero-order valence-corrected chi connectivity index (χ0v) is 17.0. The number of aromatic nitrogens is 2. The molecule has 0 radical (unpaired) electrons. The fourth-order valence-corrected chi connectivity index (χ4v) is 3.37. The summed E-state index contributed by atoms with van der Waals surface area (Å²) in [5, 5.41) is 4.32. The number of ether oxygens (including phenoxy) is 2. The van der Waals surface area contributed by atoms with E-state index in [1.165, 1.54) is 0 Å². The van der Waals surface area contributed by atoms with E-state index < -0.39 is 0 Å². The van der Waals surface area contributed by atoms with Gasteiger partial charge in [0.15, 0.2) is 0 Å². The van der Waals surface area contributed by atoms with Crippen LogP contribution in [0, 0.1) is 0 Å². The highest BCUT2D eigenvalue weighted by molar-refractivity contribution is 6.00. The van der Waals surface area contributed by atoms with Gasteiger partial charge in [-0.15, -0.1) is 0 Å². The van der Waals surface area contributed by atoms with Crippen LogP contribution in [0.2, 0.25) is 0 Å². The zero-order chi connectivity index (χ0) is 20.9. The lowest BCUT2D eigenvalue weighted by Crippen LogP contribution is -2.30. The van der Waals surface area contributed by atoms with Crippen molar-refractivity contribution in [3.63, 3.8) is 0 Å². The molecule has 2 aromatic heterocycles. The maximum Gasteiger partial charge on any atom is 0.258 e. The van der Waals surface area contributed by atoms with E-state index in [4.69, 9.17) is 9.47 Å². The Balaban J connectivity index is 1.64. The SMILES string of the molecule is COc1ccc(CN(Cc2ccc(OC)cc2)C(=O)c2cnn3ccccc23)cc1. The van der Waals surface area contributed by atoms with Crippen LogP contribution in [0.1, 0.15) is 21.5 Å². The number of benzene rings is 2. The Kier molecular flexibility index (Phi) is 5.66. The lowest BCUT2D eigenvalue weighted by molar-refractivity contribution is 0.0732. The summed E-state index contributed by atoms with van der Waals surface area (Å²) in [6, 6.07) is 21.2. The van der Waals surface area contributed by atoms with E-state index >= 15 is 0 Å². The minimum atomic E-state index is -0.0668. The molecule has 0 spiro atoms. The van der Waals surface area contributed by atoms with Gasteiger partial charge >= 0.3 is 0 Å². The molecular formula is C24H23N3O3. The van der Waals surface area contributed by atoms with E-state index in [0.717, 1.165) is 28.1 Å². The number of hydrogen-bond acceptors (Lipinski definition) is 4. The molecule has 0 bridgehead atoms. The minimum Gasteiger partial charge on any atom is -0.497 e. The summed E-state index contributed by atoms with van der Waals surface area (Å²) in [7, 11) is 3.28. The van der Waals surface area contributed by atoms with E-state index in [1.54, 1.807) is 24.9 Å². The molecule has 2 aromatic carbocycles. The Morgan fingerprint density at radius 3 is 1.97 bits per heavy atom. The Bertz CT molecular complexity index is 1090. The van der Waals surface area contributed by atoms with Crippen molar-refractivity contribution in [2.45, 2.75) is 13.1 Å². The topological polar surface area (TPSA) is 56.1 Å². The highest BCUT2D eigenvalue weighted by Crippen LogP contribution is 2.20. The van der Waals surface area contributed by atoms with Crippen molar-refractivity contribution in [3.8, 4) is 11.5 Å². The highest BCUT2D eigenvalue weighted by atomic mass is 16.5. The molecule has 0 atom stereocenters. The molecule has 0 N–H and O–H groups in total. The summed E-state index contributed by atoms with van der Waals surface area (Å²) in [5.74, 6) is 1.51. The second-order valence-corrected chi connectivity index (χ2v) is 6.95. The quantitative estimate of drug-likeness (QED) is 0.466. The van der Waals surface area contributed by atoms with Crippen molar-refractivity contribution in [2.75, 3.05) is 14.2 Å². The van der Waals surface area contributed by atoms with E-state index in [9.17, 15) is 4.79 Å². The van der Waals surface area contributed by atoms with E-state index in [1.807, 2.05) is 77.8 Å². The van der Waals surface area contributed by atoms with Gasteiger partial charge in [-0.25, -0.2) is 4.52 Å². The molecule has 0 saturated heterocycles. The number of nitrogens with zero attached hydrogens (tertiary/aromatic N) is 3. The molecule has 30 heavy (non-hydrogen) atoms. The van der Waals surface area contributed by atoms with Gasteiger partial charge in [-0.2, -0.15) is 5.10 Å². The van der Waals surface area contributed by atoms with Gasteiger partial charge in [-0.3, -0.25) is 4.79 Å². The van der Waals surface area contributed by atoms with Gasteiger partial charge in [0.1, 0.15) is 11.5 Å². The first-order valence-electron chi connectivity index (χ1n) is 9.65. The molecule has 0 saturated carbocycles. The summed E-state index contributed by atoms with van der Waals surface area (Å²) in [4.78, 5) is 15.3. The summed E-state index contributed by atoms with van der Waals surface area (Å²) in [6.07, 6.45) is 3.47. The van der Waals surface area contributed by atoms with Gasteiger partial charge in [0.25, 0.3) is 5.91 Å². The number of methoxy groups -OCH3 is 2. The van der Waals surface area contributed by atoms with Crippen LogP contribution in [0.15, 0.2) is 79.1 Å². The maximum atomic E-state index is 13.5. The lowest BCUT2D eigenvalue weighted by atomic mass is 10.1. The summed E-state index contributed by atoms with van der Waals surface area (Å²) >= 11 is 0. The Morgan fingerprint density at radius 1 is 0.867 bits per heavy atom. The predicted molar refractivity (Wildman–Crippen MR) is 115 cm³/mol. The van der Waals surface area contributed by atoms with Crippen LogP contribution in [0.25, 0.3) is 5.52 Å². The second kappa shape index (κ2) is 8.69. The number of pyridine rings is 1. The van der Waals surface area contributed by atoms with E-state index in [-0.39, 0.29) is 5.91 Å². The van der Waals surface area contributed by atoms with Gasteiger partial charge in [0, 0.05) is 19.3 Å². The Labute approximate surface area is 175 Å². The second-order valence-electron chi connectivity index (χ2n) is 6.95.